The smallest absolute Gasteiger partial charge is 0.138 e. The van der Waals surface area contributed by atoms with E-state index in [1.54, 1.807) is 6.07 Å². The Balaban J connectivity index is 2.11. The molecule has 1 N–H and O–H groups in total. The number of anilines is 1. The summed E-state index contributed by atoms with van der Waals surface area (Å²) in [7, 11) is 0. The normalized spacial score (nSPS) is 26.9. The molecule has 1 fully saturated rings. The van der Waals surface area contributed by atoms with E-state index in [9.17, 15) is 4.39 Å². The summed E-state index contributed by atoms with van der Waals surface area (Å²) in [6.45, 7) is 6.97. The fraction of sp³-hybridized carbons (Fsp3) is 0.600. The first-order chi connectivity index (χ1) is 8.37. The van der Waals surface area contributed by atoms with Crippen molar-refractivity contribution in [2.45, 2.75) is 46.1 Å². The Bertz CT molecular complexity index is 431. The molecular formula is C15H21FIN. The second kappa shape index (κ2) is 5.35. The zero-order valence-electron chi connectivity index (χ0n) is 11.3. The quantitative estimate of drug-likeness (QED) is 0.727. The lowest BCUT2D eigenvalue weighted by molar-refractivity contribution is 0.178. The van der Waals surface area contributed by atoms with Crippen molar-refractivity contribution in [3.05, 3.63) is 27.6 Å². The summed E-state index contributed by atoms with van der Waals surface area (Å²) in [4.78, 5) is 0. The van der Waals surface area contributed by atoms with E-state index in [2.05, 4.69) is 48.7 Å². The molecule has 1 nitrogen and oxygen atoms in total. The molecule has 0 amide bonds. The maximum atomic E-state index is 13.5. The van der Waals surface area contributed by atoms with E-state index < -0.39 is 0 Å². The van der Waals surface area contributed by atoms with Crippen LogP contribution in [0.25, 0.3) is 0 Å². The molecule has 0 saturated heterocycles. The average molecular weight is 361 g/mol. The van der Waals surface area contributed by atoms with Gasteiger partial charge in [-0.05, 0) is 65.3 Å². The van der Waals surface area contributed by atoms with Crippen LogP contribution in [-0.4, -0.2) is 6.04 Å². The van der Waals surface area contributed by atoms with Gasteiger partial charge in [-0.1, -0.05) is 26.8 Å². The molecule has 0 heterocycles. The average Bonchev–Trinajstić information content (AvgIpc) is 2.22. The van der Waals surface area contributed by atoms with Crippen LogP contribution in [-0.2, 0) is 0 Å². The van der Waals surface area contributed by atoms with E-state index in [0.717, 1.165) is 18.0 Å². The van der Waals surface area contributed by atoms with E-state index in [4.69, 9.17) is 0 Å². The third-order valence-corrected chi connectivity index (χ3v) is 4.79. The summed E-state index contributed by atoms with van der Waals surface area (Å²) in [6, 6.07) is 5.72. The molecule has 0 aliphatic heterocycles. The SMILES string of the molecule is CC1CC(Nc2cccc(F)c2I)CC(C)(C)C1. The molecule has 1 aliphatic carbocycles. The highest BCUT2D eigenvalue weighted by molar-refractivity contribution is 14.1. The molecule has 0 bridgehead atoms. The van der Waals surface area contributed by atoms with Crippen LogP contribution in [0.5, 0.6) is 0 Å². The molecule has 0 aromatic heterocycles. The molecule has 0 radical (unpaired) electrons. The number of halogens is 2. The number of benzene rings is 1. The highest BCUT2D eigenvalue weighted by Gasteiger charge is 2.32. The second-order valence-electron chi connectivity index (χ2n) is 6.36. The Kier molecular flexibility index (Phi) is 4.19. The lowest BCUT2D eigenvalue weighted by Gasteiger charge is -2.39. The fourth-order valence-corrected chi connectivity index (χ4v) is 3.81. The van der Waals surface area contributed by atoms with E-state index in [1.807, 2.05) is 6.07 Å². The standard InChI is InChI=1S/C15H21FIN/c1-10-7-11(9-15(2,3)8-10)18-13-6-4-5-12(16)14(13)17/h4-6,10-11,18H,7-9H2,1-3H3. The van der Waals surface area contributed by atoms with Crippen LogP contribution in [0, 0.1) is 20.7 Å². The number of hydrogen-bond acceptors (Lipinski definition) is 1. The Morgan fingerprint density at radius 3 is 2.72 bits per heavy atom. The monoisotopic (exact) mass is 361 g/mol. The molecule has 2 atom stereocenters. The molecular weight excluding hydrogens is 340 g/mol. The minimum atomic E-state index is -0.135. The summed E-state index contributed by atoms with van der Waals surface area (Å²) in [5.41, 5.74) is 1.32. The molecule has 1 saturated carbocycles. The molecule has 3 heteroatoms. The van der Waals surface area contributed by atoms with Crippen molar-refractivity contribution in [3.8, 4) is 0 Å². The summed E-state index contributed by atoms with van der Waals surface area (Å²) >= 11 is 2.08. The van der Waals surface area contributed by atoms with Crippen molar-refractivity contribution in [2.75, 3.05) is 5.32 Å². The summed E-state index contributed by atoms with van der Waals surface area (Å²) in [5.74, 6) is 0.598. The lowest BCUT2D eigenvalue weighted by atomic mass is 9.70. The van der Waals surface area contributed by atoms with Gasteiger partial charge in [0.1, 0.15) is 5.82 Å². The third kappa shape index (κ3) is 3.37. The zero-order valence-corrected chi connectivity index (χ0v) is 13.4. The van der Waals surface area contributed by atoms with Crippen molar-refractivity contribution < 1.29 is 4.39 Å². The van der Waals surface area contributed by atoms with Gasteiger partial charge in [-0.15, -0.1) is 0 Å². The van der Waals surface area contributed by atoms with Gasteiger partial charge < -0.3 is 5.32 Å². The van der Waals surface area contributed by atoms with Gasteiger partial charge in [0.2, 0.25) is 0 Å². The maximum Gasteiger partial charge on any atom is 0.138 e. The van der Waals surface area contributed by atoms with Crippen LogP contribution in [0.2, 0.25) is 0 Å². The molecule has 1 aromatic rings. The molecule has 1 aliphatic rings. The van der Waals surface area contributed by atoms with Gasteiger partial charge in [-0.25, -0.2) is 4.39 Å². The Morgan fingerprint density at radius 2 is 2.06 bits per heavy atom. The van der Waals surface area contributed by atoms with Crippen LogP contribution < -0.4 is 5.32 Å². The van der Waals surface area contributed by atoms with Crippen LogP contribution in [0.4, 0.5) is 10.1 Å². The van der Waals surface area contributed by atoms with Crippen LogP contribution >= 0.6 is 22.6 Å². The van der Waals surface area contributed by atoms with Crippen LogP contribution in [0.3, 0.4) is 0 Å². The Labute approximate surface area is 123 Å². The lowest BCUT2D eigenvalue weighted by Crippen LogP contribution is -2.35. The largest absolute Gasteiger partial charge is 0.381 e. The first kappa shape index (κ1) is 14.1. The predicted octanol–water partition coefficient (Wildman–Crippen LogP) is 5.06. The molecule has 0 spiro atoms. The van der Waals surface area contributed by atoms with Gasteiger partial charge in [0.25, 0.3) is 0 Å². The first-order valence-electron chi connectivity index (χ1n) is 6.58. The number of nitrogens with one attached hydrogen (secondary N) is 1. The Morgan fingerprint density at radius 1 is 1.33 bits per heavy atom. The maximum absolute atomic E-state index is 13.5. The van der Waals surface area contributed by atoms with Crippen molar-refractivity contribution in [2.24, 2.45) is 11.3 Å². The summed E-state index contributed by atoms with van der Waals surface area (Å²) in [6.07, 6.45) is 3.62. The van der Waals surface area contributed by atoms with Gasteiger partial charge in [0.05, 0.1) is 9.26 Å². The van der Waals surface area contributed by atoms with E-state index in [1.165, 1.54) is 18.9 Å². The first-order valence-corrected chi connectivity index (χ1v) is 7.66. The zero-order chi connectivity index (χ0) is 13.3. The van der Waals surface area contributed by atoms with Crippen molar-refractivity contribution >= 4 is 28.3 Å². The molecule has 2 unspecified atom stereocenters. The minimum absolute atomic E-state index is 0.135. The highest BCUT2D eigenvalue weighted by atomic mass is 127. The van der Waals surface area contributed by atoms with Gasteiger partial charge in [-0.2, -0.15) is 0 Å². The molecule has 1 aromatic carbocycles. The van der Waals surface area contributed by atoms with E-state index >= 15 is 0 Å². The van der Waals surface area contributed by atoms with Crippen molar-refractivity contribution in [1.29, 1.82) is 0 Å². The van der Waals surface area contributed by atoms with Crippen molar-refractivity contribution in [1.82, 2.24) is 0 Å². The fourth-order valence-electron chi connectivity index (χ4n) is 3.29. The van der Waals surface area contributed by atoms with Gasteiger partial charge >= 0.3 is 0 Å². The molecule has 100 valence electrons. The number of rotatable bonds is 2. The molecule has 18 heavy (non-hydrogen) atoms. The summed E-state index contributed by atoms with van der Waals surface area (Å²) < 4.78 is 14.2. The van der Waals surface area contributed by atoms with Crippen LogP contribution in [0.1, 0.15) is 40.0 Å². The van der Waals surface area contributed by atoms with E-state index in [0.29, 0.717) is 15.0 Å². The van der Waals surface area contributed by atoms with Gasteiger partial charge in [-0.3, -0.25) is 0 Å². The van der Waals surface area contributed by atoms with Gasteiger partial charge in [0.15, 0.2) is 0 Å². The minimum Gasteiger partial charge on any atom is -0.381 e. The third-order valence-electron chi connectivity index (χ3n) is 3.70. The number of hydrogen-bond donors (Lipinski definition) is 1. The summed E-state index contributed by atoms with van der Waals surface area (Å²) in [5, 5.41) is 3.53. The molecule has 2 rings (SSSR count). The highest BCUT2D eigenvalue weighted by Crippen LogP contribution is 2.39. The van der Waals surface area contributed by atoms with Crippen molar-refractivity contribution in [3.63, 3.8) is 0 Å². The topological polar surface area (TPSA) is 12.0 Å². The second-order valence-corrected chi connectivity index (χ2v) is 7.43. The van der Waals surface area contributed by atoms with Gasteiger partial charge in [0, 0.05) is 6.04 Å². The van der Waals surface area contributed by atoms with E-state index in [-0.39, 0.29) is 5.82 Å². The Hall–Kier alpha value is -0.320. The van der Waals surface area contributed by atoms with Crippen LogP contribution in [0.15, 0.2) is 18.2 Å². The predicted molar refractivity (Wildman–Crippen MR) is 83.3 cm³/mol.